The molecule has 7 nitrogen and oxygen atoms in total. The van der Waals surface area contributed by atoms with Crippen molar-refractivity contribution in [2.24, 2.45) is 11.3 Å². The van der Waals surface area contributed by atoms with Gasteiger partial charge < -0.3 is 15.3 Å². The van der Waals surface area contributed by atoms with Gasteiger partial charge in [0, 0.05) is 30.7 Å². The van der Waals surface area contributed by atoms with Crippen molar-refractivity contribution in [1.82, 2.24) is 14.6 Å². The number of nitrogens with one attached hydrogen (secondary N) is 1. The molecule has 0 saturated carbocycles. The normalized spacial score (nSPS) is 17.3. The van der Waals surface area contributed by atoms with Crippen LogP contribution in [0.5, 0.6) is 0 Å². The fraction of sp³-hybridized carbons (Fsp3) is 0.458. The molecule has 2 aromatic heterocycles. The fourth-order valence-electron chi connectivity index (χ4n) is 3.97. The topological polar surface area (TPSA) is 82.8 Å². The minimum absolute atomic E-state index is 0.135. The van der Waals surface area contributed by atoms with Crippen LogP contribution in [0.3, 0.4) is 0 Å². The van der Waals surface area contributed by atoms with Gasteiger partial charge in [-0.25, -0.2) is 9.50 Å². The molecule has 1 aromatic carbocycles. The zero-order valence-electron chi connectivity index (χ0n) is 19.4. The number of hydrogen-bond donors (Lipinski definition) is 2. The van der Waals surface area contributed by atoms with Gasteiger partial charge >= 0.3 is 6.18 Å². The number of rotatable bonds is 4. The number of hydrogen-bond acceptors (Lipinski definition) is 5. The summed E-state index contributed by atoms with van der Waals surface area (Å²) in [5.74, 6) is 0.442. The largest absolute Gasteiger partial charge is 0.418 e. The summed E-state index contributed by atoms with van der Waals surface area (Å²) in [6, 6.07) is 7.26. The van der Waals surface area contributed by atoms with Crippen molar-refractivity contribution in [2.75, 3.05) is 29.9 Å². The zero-order chi connectivity index (χ0) is 24.7. The molecule has 34 heavy (non-hydrogen) atoms. The summed E-state index contributed by atoms with van der Waals surface area (Å²) in [4.78, 5) is 19.0. The summed E-state index contributed by atoms with van der Waals surface area (Å²) in [5.41, 5.74) is -0.652. The van der Waals surface area contributed by atoms with Crippen LogP contribution >= 0.6 is 0 Å². The maximum absolute atomic E-state index is 13.6. The van der Waals surface area contributed by atoms with Gasteiger partial charge in [0.25, 0.3) is 0 Å². The minimum atomic E-state index is -4.62. The first-order valence-corrected chi connectivity index (χ1v) is 11.2. The lowest BCUT2D eigenvalue weighted by molar-refractivity contribution is -0.137. The van der Waals surface area contributed by atoms with Crippen LogP contribution < -0.4 is 10.2 Å². The summed E-state index contributed by atoms with van der Waals surface area (Å²) < 4.78 is 42.3. The number of imidazole rings is 1. The van der Waals surface area contributed by atoms with E-state index in [4.69, 9.17) is 0 Å². The number of halogens is 3. The second-order valence-electron chi connectivity index (χ2n) is 9.72. The third-order valence-electron chi connectivity index (χ3n) is 5.96. The van der Waals surface area contributed by atoms with E-state index in [2.05, 4.69) is 20.3 Å². The van der Waals surface area contributed by atoms with E-state index in [1.807, 2.05) is 6.07 Å². The molecule has 0 radical (unpaired) electrons. The number of anilines is 2. The zero-order valence-corrected chi connectivity index (χ0v) is 19.4. The molecule has 1 aliphatic rings. The van der Waals surface area contributed by atoms with Gasteiger partial charge in [-0.3, -0.25) is 4.79 Å². The number of nitrogens with zero attached hydrogens (tertiary/aromatic N) is 4. The predicted octanol–water partition coefficient (Wildman–Crippen LogP) is 4.61. The molecule has 3 heterocycles. The molecule has 0 aliphatic carbocycles. The van der Waals surface area contributed by atoms with Gasteiger partial charge in [-0.05, 0) is 43.0 Å². The summed E-state index contributed by atoms with van der Waals surface area (Å²) >= 11 is 0. The van der Waals surface area contributed by atoms with Crippen molar-refractivity contribution in [3.63, 3.8) is 0 Å². The van der Waals surface area contributed by atoms with Gasteiger partial charge in [0.2, 0.25) is 5.91 Å². The molecule has 3 aromatic rings. The second kappa shape index (κ2) is 8.90. The Hall–Kier alpha value is -3.14. The quantitative estimate of drug-likeness (QED) is 0.576. The molecule has 0 bridgehead atoms. The van der Waals surface area contributed by atoms with Gasteiger partial charge in [-0.1, -0.05) is 26.8 Å². The first-order chi connectivity index (χ1) is 16.0. The van der Waals surface area contributed by atoms with Crippen LogP contribution in [-0.4, -0.2) is 45.3 Å². The average molecular weight is 476 g/mol. The highest BCUT2D eigenvalue weighted by molar-refractivity contribution is 5.96. The molecule has 1 atom stereocenters. The standard InChI is InChI=1S/C24H28F3N5O2/c1-23(2,3)22(34)29-18-11-16(6-7-17(18)24(25,26)27)19-13-32-20(28-19)8-9-21(30-32)31-10-4-5-15(12-31)14-33/h6-9,11,13,15,33H,4-5,10,12,14H2,1-3H3,(H,29,34). The van der Waals surface area contributed by atoms with E-state index in [0.717, 1.165) is 31.3 Å². The molecule has 2 N–H and O–H groups in total. The number of carbonyl (C=O) groups is 1. The van der Waals surface area contributed by atoms with Crippen LogP contribution in [-0.2, 0) is 11.0 Å². The van der Waals surface area contributed by atoms with E-state index in [-0.39, 0.29) is 18.2 Å². The third-order valence-corrected chi connectivity index (χ3v) is 5.96. The van der Waals surface area contributed by atoms with E-state index in [1.54, 1.807) is 37.5 Å². The van der Waals surface area contributed by atoms with E-state index in [9.17, 15) is 23.1 Å². The lowest BCUT2D eigenvalue weighted by atomic mass is 9.95. The number of fused-ring (bicyclic) bond motifs is 1. The molecule has 1 amide bonds. The Bertz CT molecular complexity index is 1200. The van der Waals surface area contributed by atoms with Gasteiger partial charge in [0.1, 0.15) is 5.82 Å². The van der Waals surface area contributed by atoms with Gasteiger partial charge in [0.05, 0.1) is 23.1 Å². The third kappa shape index (κ3) is 5.01. The average Bonchev–Trinajstić information content (AvgIpc) is 3.21. The molecule has 4 rings (SSSR count). The Morgan fingerprint density at radius 2 is 1.97 bits per heavy atom. The number of aromatic nitrogens is 3. The Balaban J connectivity index is 1.68. The highest BCUT2D eigenvalue weighted by Gasteiger charge is 2.35. The molecular weight excluding hydrogens is 447 g/mol. The number of carbonyl (C=O) groups excluding carboxylic acids is 1. The predicted molar refractivity (Wildman–Crippen MR) is 124 cm³/mol. The van der Waals surface area contributed by atoms with Crippen molar-refractivity contribution in [3.8, 4) is 11.3 Å². The minimum Gasteiger partial charge on any atom is -0.396 e. The SMILES string of the molecule is CC(C)(C)C(=O)Nc1cc(-c2cn3nc(N4CCCC(CO)C4)ccc3n2)ccc1C(F)(F)F. The number of amides is 1. The van der Waals surface area contributed by atoms with Crippen LogP contribution in [0, 0.1) is 11.3 Å². The molecule has 1 saturated heterocycles. The fourth-order valence-corrected chi connectivity index (χ4v) is 3.97. The van der Waals surface area contributed by atoms with Gasteiger partial charge in [-0.15, -0.1) is 5.10 Å². The van der Waals surface area contributed by atoms with Crippen molar-refractivity contribution >= 4 is 23.1 Å². The lowest BCUT2D eigenvalue weighted by Gasteiger charge is -2.32. The molecule has 182 valence electrons. The number of alkyl halides is 3. The molecule has 1 fully saturated rings. The summed E-state index contributed by atoms with van der Waals surface area (Å²) in [7, 11) is 0. The van der Waals surface area contributed by atoms with Crippen molar-refractivity contribution in [2.45, 2.75) is 39.8 Å². The first kappa shape index (κ1) is 24.0. The van der Waals surface area contributed by atoms with Crippen molar-refractivity contribution < 1.29 is 23.1 Å². The smallest absolute Gasteiger partial charge is 0.396 e. The monoisotopic (exact) mass is 475 g/mol. The lowest BCUT2D eigenvalue weighted by Crippen LogP contribution is -2.37. The molecule has 1 aliphatic heterocycles. The molecular formula is C24H28F3N5O2. The van der Waals surface area contributed by atoms with Crippen LogP contribution in [0.25, 0.3) is 16.9 Å². The van der Waals surface area contributed by atoms with E-state index in [0.29, 0.717) is 23.4 Å². The highest BCUT2D eigenvalue weighted by Crippen LogP contribution is 2.38. The Kier molecular flexibility index (Phi) is 6.28. The number of piperidine rings is 1. The summed E-state index contributed by atoms with van der Waals surface area (Å²) in [6.45, 7) is 6.59. The van der Waals surface area contributed by atoms with Crippen LogP contribution in [0.1, 0.15) is 39.2 Å². The van der Waals surface area contributed by atoms with E-state index in [1.165, 1.54) is 12.1 Å². The first-order valence-electron chi connectivity index (χ1n) is 11.2. The van der Waals surface area contributed by atoms with Gasteiger partial charge in [0.15, 0.2) is 5.65 Å². The van der Waals surface area contributed by atoms with Crippen LogP contribution in [0.4, 0.5) is 24.7 Å². The maximum atomic E-state index is 13.6. The van der Waals surface area contributed by atoms with Crippen molar-refractivity contribution in [1.29, 1.82) is 0 Å². The second-order valence-corrected chi connectivity index (χ2v) is 9.72. The maximum Gasteiger partial charge on any atom is 0.418 e. The highest BCUT2D eigenvalue weighted by atomic mass is 19.4. The summed E-state index contributed by atoms with van der Waals surface area (Å²) in [6.07, 6.45) is -1.01. The Morgan fingerprint density at radius 1 is 1.21 bits per heavy atom. The number of benzene rings is 1. The van der Waals surface area contributed by atoms with Crippen LogP contribution in [0.2, 0.25) is 0 Å². The number of aliphatic hydroxyl groups is 1. The Morgan fingerprint density at radius 3 is 2.65 bits per heavy atom. The number of aliphatic hydroxyl groups excluding tert-OH is 1. The van der Waals surface area contributed by atoms with E-state index < -0.39 is 23.1 Å². The molecule has 1 unspecified atom stereocenters. The van der Waals surface area contributed by atoms with E-state index >= 15 is 0 Å². The summed E-state index contributed by atoms with van der Waals surface area (Å²) in [5, 5.41) is 16.5. The van der Waals surface area contributed by atoms with Gasteiger partial charge in [-0.2, -0.15) is 13.2 Å². The molecule has 0 spiro atoms. The van der Waals surface area contributed by atoms with Crippen LogP contribution in [0.15, 0.2) is 36.5 Å². The van der Waals surface area contributed by atoms with Crippen molar-refractivity contribution in [3.05, 3.63) is 42.1 Å². The molecule has 10 heteroatoms. The Labute approximate surface area is 195 Å².